The minimum absolute atomic E-state index is 0.448. The summed E-state index contributed by atoms with van der Waals surface area (Å²) in [5.41, 5.74) is 0. The standard InChI is InChI=1S/C12H16N2O4/c15-12(16)9-17-13-8-10-4-5-11(18-10)14-6-2-1-3-7-14/h4-5,8H,1-3,6-7,9H2,(H,15,16). The predicted molar refractivity (Wildman–Crippen MR) is 66.0 cm³/mol. The fourth-order valence-corrected chi connectivity index (χ4v) is 1.88. The van der Waals surface area contributed by atoms with Gasteiger partial charge in [-0.15, -0.1) is 0 Å². The van der Waals surface area contributed by atoms with Gasteiger partial charge in [0.05, 0.1) is 0 Å². The molecule has 1 N–H and O–H groups in total. The van der Waals surface area contributed by atoms with E-state index in [0.717, 1.165) is 19.0 Å². The molecule has 2 heterocycles. The van der Waals surface area contributed by atoms with Crippen LogP contribution in [0, 0.1) is 0 Å². The van der Waals surface area contributed by atoms with E-state index >= 15 is 0 Å². The number of rotatable bonds is 5. The van der Waals surface area contributed by atoms with Crippen molar-refractivity contribution >= 4 is 18.1 Å². The summed E-state index contributed by atoms with van der Waals surface area (Å²) in [6.45, 7) is 1.58. The molecule has 0 aromatic carbocycles. The Balaban J connectivity index is 1.87. The molecule has 1 aliphatic heterocycles. The zero-order valence-corrected chi connectivity index (χ0v) is 10.0. The second-order valence-corrected chi connectivity index (χ2v) is 4.13. The number of carboxylic acids is 1. The first-order valence-corrected chi connectivity index (χ1v) is 5.97. The molecule has 0 atom stereocenters. The average molecular weight is 252 g/mol. The fraction of sp³-hybridized carbons (Fsp3) is 0.500. The Morgan fingerprint density at radius 3 is 2.94 bits per heavy atom. The summed E-state index contributed by atoms with van der Waals surface area (Å²) in [6, 6.07) is 3.68. The third-order valence-electron chi connectivity index (χ3n) is 2.72. The number of hydrogen-bond donors (Lipinski definition) is 1. The molecule has 6 heteroatoms. The van der Waals surface area contributed by atoms with Gasteiger partial charge in [-0.3, -0.25) is 0 Å². The summed E-state index contributed by atoms with van der Waals surface area (Å²) < 4.78 is 5.58. The van der Waals surface area contributed by atoms with Crippen LogP contribution in [0.1, 0.15) is 25.0 Å². The first-order valence-electron chi connectivity index (χ1n) is 5.97. The van der Waals surface area contributed by atoms with Crippen LogP contribution in [0.4, 0.5) is 5.88 Å². The first-order chi connectivity index (χ1) is 8.75. The summed E-state index contributed by atoms with van der Waals surface area (Å²) in [7, 11) is 0. The lowest BCUT2D eigenvalue weighted by molar-refractivity contribution is -0.142. The molecular weight excluding hydrogens is 236 g/mol. The van der Waals surface area contributed by atoms with Gasteiger partial charge in [-0.2, -0.15) is 0 Å². The maximum absolute atomic E-state index is 10.2. The second-order valence-electron chi connectivity index (χ2n) is 4.13. The molecule has 1 saturated heterocycles. The van der Waals surface area contributed by atoms with E-state index in [1.807, 2.05) is 6.07 Å². The molecule has 1 aromatic heterocycles. The van der Waals surface area contributed by atoms with Crippen molar-refractivity contribution in [2.45, 2.75) is 19.3 Å². The summed E-state index contributed by atoms with van der Waals surface area (Å²) in [5.74, 6) is 0.330. The van der Waals surface area contributed by atoms with Gasteiger partial charge < -0.3 is 19.3 Å². The maximum Gasteiger partial charge on any atom is 0.344 e. The highest BCUT2D eigenvalue weighted by Gasteiger charge is 2.13. The van der Waals surface area contributed by atoms with Crippen molar-refractivity contribution in [2.24, 2.45) is 5.16 Å². The van der Waals surface area contributed by atoms with Crippen LogP contribution in [0.15, 0.2) is 21.7 Å². The Hall–Kier alpha value is -1.98. The lowest BCUT2D eigenvalue weighted by Crippen LogP contribution is -2.28. The molecule has 0 spiro atoms. The van der Waals surface area contributed by atoms with Crippen molar-refractivity contribution < 1.29 is 19.2 Å². The summed E-state index contributed by atoms with van der Waals surface area (Å²) in [4.78, 5) is 16.9. The maximum atomic E-state index is 10.2. The van der Waals surface area contributed by atoms with E-state index in [1.165, 1.54) is 25.5 Å². The van der Waals surface area contributed by atoms with Crippen molar-refractivity contribution in [1.29, 1.82) is 0 Å². The van der Waals surface area contributed by atoms with Crippen molar-refractivity contribution in [3.8, 4) is 0 Å². The molecule has 6 nitrogen and oxygen atoms in total. The topological polar surface area (TPSA) is 75.3 Å². The lowest BCUT2D eigenvalue weighted by Gasteiger charge is -2.25. The average Bonchev–Trinajstić information content (AvgIpc) is 2.84. The largest absolute Gasteiger partial charge is 0.479 e. The zero-order chi connectivity index (χ0) is 12.8. The van der Waals surface area contributed by atoms with Crippen molar-refractivity contribution in [3.05, 3.63) is 17.9 Å². The molecule has 1 aliphatic rings. The van der Waals surface area contributed by atoms with Crippen LogP contribution in [0.2, 0.25) is 0 Å². The number of aliphatic carboxylic acids is 1. The van der Waals surface area contributed by atoms with Crippen LogP contribution in [-0.4, -0.2) is 37.0 Å². The van der Waals surface area contributed by atoms with Gasteiger partial charge in [-0.25, -0.2) is 4.79 Å². The zero-order valence-electron chi connectivity index (χ0n) is 10.0. The Labute approximate surface area is 105 Å². The predicted octanol–water partition coefficient (Wildman–Crippen LogP) is 1.71. The van der Waals surface area contributed by atoms with Crippen molar-refractivity contribution in [1.82, 2.24) is 0 Å². The Kier molecular flexibility index (Phi) is 4.22. The lowest BCUT2D eigenvalue weighted by atomic mass is 10.1. The molecule has 0 saturated carbocycles. The Morgan fingerprint density at radius 2 is 2.22 bits per heavy atom. The van der Waals surface area contributed by atoms with E-state index in [4.69, 9.17) is 9.52 Å². The number of furan rings is 1. The van der Waals surface area contributed by atoms with Gasteiger partial charge in [0.1, 0.15) is 6.21 Å². The van der Waals surface area contributed by atoms with Gasteiger partial charge in [0, 0.05) is 19.2 Å². The van der Waals surface area contributed by atoms with Crippen LogP contribution in [0.3, 0.4) is 0 Å². The summed E-state index contributed by atoms with van der Waals surface area (Å²) >= 11 is 0. The number of anilines is 1. The number of carbonyl (C=O) groups is 1. The van der Waals surface area contributed by atoms with Crippen molar-refractivity contribution in [2.75, 3.05) is 24.6 Å². The highest BCUT2D eigenvalue weighted by atomic mass is 16.6. The van der Waals surface area contributed by atoms with Crippen LogP contribution in [-0.2, 0) is 9.63 Å². The third-order valence-corrected chi connectivity index (χ3v) is 2.72. The van der Waals surface area contributed by atoms with Crippen LogP contribution in [0.5, 0.6) is 0 Å². The molecule has 0 radical (unpaired) electrons. The number of nitrogens with zero attached hydrogens (tertiary/aromatic N) is 2. The molecule has 0 aliphatic carbocycles. The highest BCUT2D eigenvalue weighted by molar-refractivity contribution is 5.76. The van der Waals surface area contributed by atoms with Crippen LogP contribution < -0.4 is 4.90 Å². The van der Waals surface area contributed by atoms with Gasteiger partial charge in [0.2, 0.25) is 6.61 Å². The Bertz CT molecular complexity index is 421. The number of piperidine rings is 1. The molecule has 0 amide bonds. The first kappa shape index (κ1) is 12.5. The van der Waals surface area contributed by atoms with Crippen LogP contribution >= 0.6 is 0 Å². The van der Waals surface area contributed by atoms with Gasteiger partial charge >= 0.3 is 5.97 Å². The second kappa shape index (κ2) is 6.09. The minimum Gasteiger partial charge on any atom is -0.479 e. The third kappa shape index (κ3) is 3.51. The molecule has 18 heavy (non-hydrogen) atoms. The smallest absolute Gasteiger partial charge is 0.344 e. The van der Waals surface area contributed by atoms with Crippen molar-refractivity contribution in [3.63, 3.8) is 0 Å². The fourth-order valence-electron chi connectivity index (χ4n) is 1.88. The summed E-state index contributed by atoms with van der Waals surface area (Å²) in [6.07, 6.45) is 5.02. The van der Waals surface area contributed by atoms with E-state index in [0.29, 0.717) is 5.76 Å². The highest BCUT2D eigenvalue weighted by Crippen LogP contribution is 2.21. The molecule has 0 unspecified atom stereocenters. The van der Waals surface area contributed by atoms with Gasteiger partial charge in [-0.1, -0.05) is 5.16 Å². The van der Waals surface area contributed by atoms with Gasteiger partial charge in [0.25, 0.3) is 0 Å². The Morgan fingerprint density at radius 1 is 1.44 bits per heavy atom. The minimum atomic E-state index is -1.05. The van der Waals surface area contributed by atoms with Gasteiger partial charge in [0.15, 0.2) is 11.6 Å². The SMILES string of the molecule is O=C(O)CON=Cc1ccc(N2CCCCC2)o1. The molecule has 98 valence electrons. The van der Waals surface area contributed by atoms with E-state index in [-0.39, 0.29) is 0 Å². The monoisotopic (exact) mass is 252 g/mol. The van der Waals surface area contributed by atoms with E-state index in [9.17, 15) is 4.79 Å². The van der Waals surface area contributed by atoms with E-state index < -0.39 is 12.6 Å². The molecule has 1 fully saturated rings. The normalized spacial score (nSPS) is 16.1. The van der Waals surface area contributed by atoms with Crippen LogP contribution in [0.25, 0.3) is 0 Å². The number of carboxylic acid groups (broad SMARTS) is 1. The van der Waals surface area contributed by atoms with Gasteiger partial charge in [-0.05, 0) is 25.3 Å². The molecule has 1 aromatic rings. The molecule has 0 bridgehead atoms. The summed E-state index contributed by atoms with van der Waals surface area (Å²) in [5, 5.41) is 11.9. The molecular formula is C12H16N2O4. The van der Waals surface area contributed by atoms with E-state index in [2.05, 4.69) is 14.9 Å². The quantitative estimate of drug-likeness (QED) is 0.637. The number of oxime groups is 1. The van der Waals surface area contributed by atoms with E-state index in [1.54, 1.807) is 6.07 Å². The number of hydrogen-bond acceptors (Lipinski definition) is 5. The molecule has 2 rings (SSSR count).